The van der Waals surface area contributed by atoms with Gasteiger partial charge in [-0.25, -0.2) is 0 Å². The molecule has 1 aliphatic carbocycles. The van der Waals surface area contributed by atoms with Crippen molar-refractivity contribution in [2.24, 2.45) is 11.8 Å². The Hall–Kier alpha value is -2.07. The minimum atomic E-state index is 0.0399. The molecule has 0 N–H and O–H groups in total. The normalized spacial score (nSPS) is 23.6. The highest BCUT2D eigenvalue weighted by Crippen LogP contribution is 2.64. The lowest BCUT2D eigenvalue weighted by molar-refractivity contribution is 0.708. The van der Waals surface area contributed by atoms with Crippen LogP contribution in [0.15, 0.2) is 60.7 Å². The van der Waals surface area contributed by atoms with Crippen LogP contribution >= 0.6 is 0 Å². The number of rotatable bonds is 3. The maximum absolute atomic E-state index is 9.07. The van der Waals surface area contributed by atoms with Gasteiger partial charge < -0.3 is 0 Å². The van der Waals surface area contributed by atoms with Crippen molar-refractivity contribution in [1.82, 2.24) is 0 Å². The third kappa shape index (κ3) is 1.68. The highest BCUT2D eigenvalue weighted by molar-refractivity contribution is 5.49. The number of benzene rings is 2. The first-order valence-electron chi connectivity index (χ1n) is 6.79. The third-order valence-electron chi connectivity index (χ3n) is 4.61. The van der Waals surface area contributed by atoms with E-state index in [1.54, 1.807) is 0 Å². The van der Waals surface area contributed by atoms with E-state index in [2.05, 4.69) is 73.7 Å². The minimum absolute atomic E-state index is 0.0399. The molecule has 19 heavy (non-hydrogen) atoms. The molecule has 0 unspecified atom stereocenters. The Kier molecular flexibility index (Phi) is 2.87. The Labute approximate surface area is 114 Å². The Morgan fingerprint density at radius 2 is 1.42 bits per heavy atom. The van der Waals surface area contributed by atoms with Crippen LogP contribution in [0.2, 0.25) is 0 Å². The number of hydrogen-bond acceptors (Lipinski definition) is 1. The van der Waals surface area contributed by atoms with E-state index in [0.29, 0.717) is 18.3 Å². The van der Waals surface area contributed by atoms with E-state index in [4.69, 9.17) is 5.26 Å². The van der Waals surface area contributed by atoms with Crippen LogP contribution in [0.25, 0.3) is 0 Å². The zero-order chi connectivity index (χ0) is 13.3. The number of nitrogens with zero attached hydrogens (tertiary/aromatic N) is 1. The predicted molar refractivity (Wildman–Crippen MR) is 76.5 cm³/mol. The van der Waals surface area contributed by atoms with E-state index in [-0.39, 0.29) is 5.41 Å². The molecule has 3 rings (SSSR count). The quantitative estimate of drug-likeness (QED) is 0.799. The average Bonchev–Trinajstić information content (AvgIpc) is 3.07. The Morgan fingerprint density at radius 3 is 1.84 bits per heavy atom. The molecular formula is C18H17N. The Bertz CT molecular complexity index is 555. The van der Waals surface area contributed by atoms with Crippen molar-refractivity contribution in [3.63, 3.8) is 0 Å². The van der Waals surface area contributed by atoms with Crippen molar-refractivity contribution in [2.45, 2.75) is 18.8 Å². The molecule has 2 aromatic carbocycles. The molecule has 0 amide bonds. The molecule has 1 fully saturated rings. The lowest BCUT2D eigenvalue weighted by Crippen LogP contribution is -2.13. The first-order valence-corrected chi connectivity index (χ1v) is 6.79. The van der Waals surface area contributed by atoms with E-state index in [0.717, 1.165) is 0 Å². The molecule has 0 aromatic heterocycles. The first-order chi connectivity index (χ1) is 9.31. The van der Waals surface area contributed by atoms with Crippen LogP contribution < -0.4 is 0 Å². The van der Waals surface area contributed by atoms with Crippen LogP contribution in [-0.4, -0.2) is 0 Å². The fraction of sp³-hybridized carbons (Fsp3) is 0.278. The SMILES string of the molecule is C[C@H]1[C@H](CC#N)C1(c1ccccc1)c1ccccc1. The van der Waals surface area contributed by atoms with Gasteiger partial charge in [0.25, 0.3) is 0 Å². The van der Waals surface area contributed by atoms with Crippen LogP contribution in [0.4, 0.5) is 0 Å². The van der Waals surface area contributed by atoms with Crippen LogP contribution in [0, 0.1) is 23.2 Å². The van der Waals surface area contributed by atoms with Gasteiger partial charge in [0.05, 0.1) is 6.07 Å². The molecule has 0 saturated heterocycles. The lowest BCUT2D eigenvalue weighted by Gasteiger charge is -2.19. The minimum Gasteiger partial charge on any atom is -0.198 e. The van der Waals surface area contributed by atoms with Gasteiger partial charge in [-0.3, -0.25) is 0 Å². The van der Waals surface area contributed by atoms with Gasteiger partial charge in [-0.05, 0) is 23.0 Å². The summed E-state index contributed by atoms with van der Waals surface area (Å²) in [7, 11) is 0. The van der Waals surface area contributed by atoms with Crippen LogP contribution in [0.3, 0.4) is 0 Å². The van der Waals surface area contributed by atoms with Crippen molar-refractivity contribution in [3.8, 4) is 6.07 Å². The summed E-state index contributed by atoms with van der Waals surface area (Å²) in [5.41, 5.74) is 2.72. The number of hydrogen-bond donors (Lipinski definition) is 0. The molecule has 1 saturated carbocycles. The predicted octanol–water partition coefficient (Wildman–Crippen LogP) is 4.15. The molecule has 2 atom stereocenters. The van der Waals surface area contributed by atoms with E-state index >= 15 is 0 Å². The molecule has 1 nitrogen and oxygen atoms in total. The fourth-order valence-electron chi connectivity index (χ4n) is 3.63. The van der Waals surface area contributed by atoms with Gasteiger partial charge in [-0.1, -0.05) is 67.6 Å². The zero-order valence-corrected chi connectivity index (χ0v) is 11.1. The van der Waals surface area contributed by atoms with E-state index in [9.17, 15) is 0 Å². The van der Waals surface area contributed by atoms with E-state index < -0.39 is 0 Å². The van der Waals surface area contributed by atoms with Crippen molar-refractivity contribution in [1.29, 1.82) is 5.26 Å². The Balaban J connectivity index is 2.12. The molecule has 1 heteroatoms. The van der Waals surface area contributed by atoms with Crippen molar-refractivity contribution >= 4 is 0 Å². The fourth-order valence-corrected chi connectivity index (χ4v) is 3.63. The van der Waals surface area contributed by atoms with Crippen molar-refractivity contribution in [2.75, 3.05) is 0 Å². The topological polar surface area (TPSA) is 23.8 Å². The van der Waals surface area contributed by atoms with E-state index in [1.807, 2.05) is 0 Å². The van der Waals surface area contributed by atoms with Gasteiger partial charge in [0.1, 0.15) is 0 Å². The zero-order valence-electron chi connectivity index (χ0n) is 11.1. The summed E-state index contributed by atoms with van der Waals surface area (Å²) in [6.45, 7) is 2.27. The van der Waals surface area contributed by atoms with Crippen molar-refractivity contribution < 1.29 is 0 Å². The second kappa shape index (κ2) is 4.55. The second-order valence-corrected chi connectivity index (χ2v) is 5.36. The van der Waals surface area contributed by atoms with Gasteiger partial charge in [0.2, 0.25) is 0 Å². The average molecular weight is 247 g/mol. The third-order valence-corrected chi connectivity index (χ3v) is 4.61. The highest BCUT2D eigenvalue weighted by Gasteiger charge is 2.63. The maximum atomic E-state index is 9.07. The molecule has 94 valence electrons. The second-order valence-electron chi connectivity index (χ2n) is 5.36. The maximum Gasteiger partial charge on any atom is 0.0625 e. The van der Waals surface area contributed by atoms with Gasteiger partial charge >= 0.3 is 0 Å². The lowest BCUT2D eigenvalue weighted by atomic mass is 9.84. The molecule has 0 bridgehead atoms. The standard InChI is InChI=1S/C18H17N/c1-14-17(12-13-19)18(14,15-8-4-2-5-9-15)16-10-6-3-7-11-16/h2-11,14,17H,12H2,1H3/t14-,17-/m0/s1. The highest BCUT2D eigenvalue weighted by atomic mass is 14.6. The van der Waals surface area contributed by atoms with Gasteiger partial charge in [-0.2, -0.15) is 5.26 Å². The summed E-state index contributed by atoms with van der Waals surface area (Å²) in [5.74, 6) is 0.958. The molecule has 0 radical (unpaired) electrons. The van der Waals surface area contributed by atoms with Crippen LogP contribution in [-0.2, 0) is 5.41 Å². The van der Waals surface area contributed by atoms with E-state index in [1.165, 1.54) is 11.1 Å². The smallest absolute Gasteiger partial charge is 0.0625 e. The molecule has 0 aliphatic heterocycles. The molecular weight excluding hydrogens is 230 g/mol. The monoisotopic (exact) mass is 247 g/mol. The summed E-state index contributed by atoms with van der Waals surface area (Å²) >= 11 is 0. The van der Waals surface area contributed by atoms with Gasteiger partial charge in [-0.15, -0.1) is 0 Å². The largest absolute Gasteiger partial charge is 0.198 e. The molecule has 2 aromatic rings. The summed E-state index contributed by atoms with van der Waals surface area (Å²) < 4.78 is 0. The van der Waals surface area contributed by atoms with Crippen LogP contribution in [0.5, 0.6) is 0 Å². The number of nitriles is 1. The first kappa shape index (κ1) is 12.0. The molecule has 1 aliphatic rings. The summed E-state index contributed by atoms with van der Waals surface area (Å²) in [5, 5.41) is 9.07. The van der Waals surface area contributed by atoms with Crippen LogP contribution in [0.1, 0.15) is 24.5 Å². The van der Waals surface area contributed by atoms with Gasteiger partial charge in [0, 0.05) is 11.8 Å². The Morgan fingerprint density at radius 1 is 0.947 bits per heavy atom. The summed E-state index contributed by atoms with van der Waals surface area (Å²) in [4.78, 5) is 0. The summed E-state index contributed by atoms with van der Waals surface area (Å²) in [6.07, 6.45) is 0.630. The van der Waals surface area contributed by atoms with Gasteiger partial charge in [0.15, 0.2) is 0 Å². The van der Waals surface area contributed by atoms with Crippen molar-refractivity contribution in [3.05, 3.63) is 71.8 Å². The molecule has 0 heterocycles. The summed E-state index contributed by atoms with van der Waals surface area (Å²) in [6, 6.07) is 23.6. The molecule has 0 spiro atoms.